The maximum atomic E-state index is 12.5. The summed E-state index contributed by atoms with van der Waals surface area (Å²) in [4.78, 5) is 25.0. The summed E-state index contributed by atoms with van der Waals surface area (Å²) in [7, 11) is 0. The predicted molar refractivity (Wildman–Crippen MR) is 101 cm³/mol. The summed E-state index contributed by atoms with van der Waals surface area (Å²) in [6.07, 6.45) is 0.724. The fourth-order valence-corrected chi connectivity index (χ4v) is 2.74. The summed E-state index contributed by atoms with van der Waals surface area (Å²) in [6, 6.07) is 15.4. The second kappa shape index (κ2) is 8.12. The summed E-state index contributed by atoms with van der Waals surface area (Å²) in [5.74, 6) is 0.752. The van der Waals surface area contributed by atoms with Gasteiger partial charge in [0.15, 0.2) is 11.5 Å². The van der Waals surface area contributed by atoms with Crippen LogP contribution in [0.2, 0.25) is 0 Å². The monoisotopic (exact) mass is 368 g/mol. The van der Waals surface area contributed by atoms with Crippen LogP contribution in [0.5, 0.6) is 11.5 Å². The van der Waals surface area contributed by atoms with Gasteiger partial charge in [-0.2, -0.15) is 0 Å². The first-order valence-electron chi connectivity index (χ1n) is 8.96. The number of amides is 2. The molecule has 2 aromatic rings. The number of hydrogen-bond donors (Lipinski definition) is 2. The number of fused-ring (bicyclic) bond motifs is 1. The Morgan fingerprint density at radius 3 is 2.41 bits per heavy atom. The highest BCUT2D eigenvalue weighted by Crippen LogP contribution is 2.32. The molecule has 0 atom stereocenters. The molecule has 142 valence electrons. The zero-order chi connectivity index (χ0) is 19.3. The molecule has 0 fully saturated rings. The molecule has 3 rings (SSSR count). The molecule has 0 radical (unpaired) electrons. The molecule has 1 aliphatic rings. The molecule has 0 bridgehead atoms. The third-order valence-corrected chi connectivity index (χ3v) is 4.57. The highest BCUT2D eigenvalue weighted by molar-refractivity contribution is 6.04. The molecular formula is C21H24N2O4. The van der Waals surface area contributed by atoms with Crippen LogP contribution in [0, 0.1) is 5.41 Å². The van der Waals surface area contributed by atoms with Crippen LogP contribution in [0.4, 0.5) is 0 Å². The van der Waals surface area contributed by atoms with E-state index in [0.29, 0.717) is 24.6 Å². The van der Waals surface area contributed by atoms with Crippen LogP contribution < -0.4 is 20.1 Å². The van der Waals surface area contributed by atoms with Crippen LogP contribution >= 0.6 is 0 Å². The first-order chi connectivity index (χ1) is 13.0. The van der Waals surface area contributed by atoms with Crippen LogP contribution in [0.1, 0.15) is 25.0 Å². The Morgan fingerprint density at radius 2 is 1.63 bits per heavy atom. The quantitative estimate of drug-likeness (QED) is 0.736. The van der Waals surface area contributed by atoms with E-state index in [-0.39, 0.29) is 18.6 Å². The van der Waals surface area contributed by atoms with Crippen molar-refractivity contribution < 1.29 is 19.1 Å². The molecule has 6 heteroatoms. The smallest absolute Gasteiger partial charge is 0.235 e. The van der Waals surface area contributed by atoms with E-state index >= 15 is 0 Å². The highest BCUT2D eigenvalue weighted by Gasteiger charge is 2.35. The van der Waals surface area contributed by atoms with E-state index in [9.17, 15) is 9.59 Å². The molecule has 0 spiro atoms. The summed E-state index contributed by atoms with van der Waals surface area (Å²) in [5.41, 5.74) is 0.864. The normalized spacial score (nSPS) is 12.5. The van der Waals surface area contributed by atoms with E-state index < -0.39 is 5.41 Å². The van der Waals surface area contributed by atoms with Crippen LogP contribution in [0.15, 0.2) is 48.5 Å². The lowest BCUT2D eigenvalue weighted by molar-refractivity contribution is -0.141. The largest absolute Gasteiger partial charge is 0.454 e. The maximum Gasteiger partial charge on any atom is 0.235 e. The van der Waals surface area contributed by atoms with E-state index in [2.05, 4.69) is 10.6 Å². The van der Waals surface area contributed by atoms with Crippen LogP contribution in [-0.2, 0) is 22.6 Å². The van der Waals surface area contributed by atoms with Crippen molar-refractivity contribution in [2.45, 2.75) is 26.8 Å². The average Bonchev–Trinajstić information content (AvgIpc) is 3.14. The lowest BCUT2D eigenvalue weighted by Gasteiger charge is -2.22. The van der Waals surface area contributed by atoms with Crippen molar-refractivity contribution >= 4 is 11.8 Å². The van der Waals surface area contributed by atoms with Gasteiger partial charge in [0, 0.05) is 13.1 Å². The average molecular weight is 368 g/mol. The van der Waals surface area contributed by atoms with Gasteiger partial charge < -0.3 is 20.1 Å². The molecule has 2 aromatic carbocycles. The maximum absolute atomic E-state index is 12.5. The molecule has 1 aliphatic heterocycles. The first-order valence-corrected chi connectivity index (χ1v) is 8.96. The summed E-state index contributed by atoms with van der Waals surface area (Å²) < 4.78 is 10.6. The van der Waals surface area contributed by atoms with Gasteiger partial charge in [0.25, 0.3) is 0 Å². The molecule has 0 saturated heterocycles. The summed E-state index contributed by atoms with van der Waals surface area (Å²) >= 11 is 0. The molecule has 0 unspecified atom stereocenters. The topological polar surface area (TPSA) is 76.7 Å². The van der Waals surface area contributed by atoms with Crippen molar-refractivity contribution in [1.29, 1.82) is 0 Å². The molecule has 0 saturated carbocycles. The minimum absolute atomic E-state index is 0.210. The molecule has 0 aliphatic carbocycles. The Morgan fingerprint density at radius 1 is 0.926 bits per heavy atom. The Labute approximate surface area is 158 Å². The second-order valence-corrected chi connectivity index (χ2v) is 6.99. The number of ether oxygens (including phenoxy) is 2. The van der Waals surface area contributed by atoms with Gasteiger partial charge >= 0.3 is 0 Å². The van der Waals surface area contributed by atoms with Crippen LogP contribution in [-0.4, -0.2) is 25.2 Å². The third-order valence-electron chi connectivity index (χ3n) is 4.57. The number of hydrogen-bond acceptors (Lipinski definition) is 4. The lowest BCUT2D eigenvalue weighted by Crippen LogP contribution is -2.48. The molecular weight excluding hydrogens is 344 g/mol. The SMILES string of the molecule is CC(C)(C(=O)NCCc1ccccc1)C(=O)NCc1ccc2c(c1)OCO2. The highest BCUT2D eigenvalue weighted by atomic mass is 16.7. The van der Waals surface area contributed by atoms with Gasteiger partial charge in [0.1, 0.15) is 5.41 Å². The van der Waals surface area contributed by atoms with Gasteiger partial charge in [-0.15, -0.1) is 0 Å². The fourth-order valence-electron chi connectivity index (χ4n) is 2.74. The number of carbonyl (C=O) groups is 2. The van der Waals surface area contributed by atoms with Crippen molar-refractivity contribution in [1.82, 2.24) is 10.6 Å². The predicted octanol–water partition coefficient (Wildman–Crippen LogP) is 2.42. The van der Waals surface area contributed by atoms with Gasteiger partial charge in [-0.05, 0) is 43.5 Å². The first kappa shape index (κ1) is 18.8. The van der Waals surface area contributed by atoms with E-state index in [0.717, 1.165) is 17.5 Å². The Kier molecular flexibility index (Phi) is 5.64. The molecule has 27 heavy (non-hydrogen) atoms. The Bertz CT molecular complexity index is 818. The standard InChI is InChI=1S/C21H24N2O4/c1-21(2,19(24)22-11-10-15-6-4-3-5-7-15)20(25)23-13-16-8-9-17-18(12-16)27-14-26-17/h3-9,12H,10-11,13-14H2,1-2H3,(H,22,24)(H,23,25). The van der Waals surface area contributed by atoms with Crippen LogP contribution in [0.3, 0.4) is 0 Å². The van der Waals surface area contributed by atoms with Gasteiger partial charge in [-0.3, -0.25) is 9.59 Å². The van der Waals surface area contributed by atoms with Crippen molar-refractivity contribution in [2.24, 2.45) is 5.41 Å². The van der Waals surface area contributed by atoms with E-state index in [1.54, 1.807) is 13.8 Å². The van der Waals surface area contributed by atoms with E-state index in [4.69, 9.17) is 9.47 Å². The van der Waals surface area contributed by atoms with Crippen molar-refractivity contribution in [2.75, 3.05) is 13.3 Å². The molecule has 0 aromatic heterocycles. The Hall–Kier alpha value is -3.02. The lowest BCUT2D eigenvalue weighted by atomic mass is 9.91. The van der Waals surface area contributed by atoms with Gasteiger partial charge in [-0.1, -0.05) is 36.4 Å². The number of rotatable bonds is 7. The van der Waals surface area contributed by atoms with Crippen LogP contribution in [0.25, 0.3) is 0 Å². The number of benzene rings is 2. The molecule has 2 N–H and O–H groups in total. The van der Waals surface area contributed by atoms with E-state index in [1.165, 1.54) is 0 Å². The summed E-state index contributed by atoms with van der Waals surface area (Å²) in [6.45, 7) is 4.26. The van der Waals surface area contributed by atoms with Crippen molar-refractivity contribution in [3.63, 3.8) is 0 Å². The third kappa shape index (κ3) is 4.58. The van der Waals surface area contributed by atoms with Crippen molar-refractivity contribution in [3.8, 4) is 11.5 Å². The van der Waals surface area contributed by atoms with Gasteiger partial charge in [0.05, 0.1) is 0 Å². The Balaban J connectivity index is 1.49. The number of nitrogens with one attached hydrogen (secondary N) is 2. The molecule has 2 amide bonds. The van der Waals surface area contributed by atoms with Gasteiger partial charge in [-0.25, -0.2) is 0 Å². The molecule has 6 nitrogen and oxygen atoms in total. The minimum atomic E-state index is -1.16. The van der Waals surface area contributed by atoms with Crippen molar-refractivity contribution in [3.05, 3.63) is 59.7 Å². The second-order valence-electron chi connectivity index (χ2n) is 6.99. The zero-order valence-electron chi connectivity index (χ0n) is 15.6. The zero-order valence-corrected chi connectivity index (χ0v) is 15.6. The summed E-state index contributed by atoms with van der Waals surface area (Å²) in [5, 5.41) is 5.67. The fraction of sp³-hybridized carbons (Fsp3) is 0.333. The molecule has 1 heterocycles. The minimum Gasteiger partial charge on any atom is -0.454 e. The number of carbonyl (C=O) groups excluding carboxylic acids is 2. The van der Waals surface area contributed by atoms with Gasteiger partial charge in [0.2, 0.25) is 18.6 Å². The van der Waals surface area contributed by atoms with E-state index in [1.807, 2.05) is 48.5 Å².